The van der Waals surface area contributed by atoms with E-state index in [2.05, 4.69) is 46.9 Å². The van der Waals surface area contributed by atoms with Crippen LogP contribution >= 0.6 is 0 Å². The molecule has 14 heavy (non-hydrogen) atoms. The van der Waals surface area contributed by atoms with Crippen LogP contribution in [0.1, 0.15) is 55.4 Å². The lowest BCUT2D eigenvalue weighted by Gasteiger charge is -2.31. The second-order valence-corrected chi connectivity index (χ2v) is 5.41. The predicted molar refractivity (Wildman–Crippen MR) is 64.8 cm³/mol. The van der Waals surface area contributed by atoms with Crippen LogP contribution in [0.15, 0.2) is 0 Å². The maximum atomic E-state index is 4.83. The van der Waals surface area contributed by atoms with E-state index in [1.165, 1.54) is 0 Å². The summed E-state index contributed by atoms with van der Waals surface area (Å²) in [5.74, 6) is 0. The average Bonchev–Trinajstić information content (AvgIpc) is 1.81. The van der Waals surface area contributed by atoms with Crippen LogP contribution in [0.25, 0.3) is 0 Å². The van der Waals surface area contributed by atoms with Crippen LogP contribution in [0.5, 0.6) is 0 Å². The summed E-state index contributed by atoms with van der Waals surface area (Å²) >= 11 is 0. The number of ether oxygens (including phenoxy) is 1. The molecule has 0 aliphatic heterocycles. The normalized spacial score (nSPS) is 12.0. The lowest BCUT2D eigenvalue weighted by atomic mass is 10.0. The van der Waals surface area contributed by atoms with Gasteiger partial charge in [0, 0.05) is 24.3 Å². The second kappa shape index (κ2) is 7.24. The molecule has 2 nitrogen and oxygen atoms in total. The molecule has 0 heterocycles. The van der Waals surface area contributed by atoms with Gasteiger partial charge in [0.25, 0.3) is 0 Å². The van der Waals surface area contributed by atoms with Crippen molar-refractivity contribution >= 4 is 0 Å². The van der Waals surface area contributed by atoms with Gasteiger partial charge in [-0.05, 0) is 55.4 Å². The van der Waals surface area contributed by atoms with Crippen LogP contribution in [-0.4, -0.2) is 24.3 Å². The first-order valence-electron chi connectivity index (χ1n) is 5.49. The quantitative estimate of drug-likeness (QED) is 0.744. The molecule has 0 spiro atoms. The summed E-state index contributed by atoms with van der Waals surface area (Å²) in [6.45, 7) is 18.7. The first kappa shape index (κ1) is 16.4. The highest BCUT2D eigenvalue weighted by atomic mass is 16.5. The van der Waals surface area contributed by atoms with Gasteiger partial charge in [-0.1, -0.05) is 0 Å². The van der Waals surface area contributed by atoms with Gasteiger partial charge in [0.05, 0.1) is 0 Å². The maximum absolute atomic E-state index is 4.83. The fourth-order valence-electron chi connectivity index (χ4n) is 1.33. The minimum atomic E-state index is 0.234. The smallest absolute Gasteiger partial charge is 0.0437 e. The SMILES string of the molecule is CC(C)(C)NC(C)(C)C.CCOCC. The summed E-state index contributed by atoms with van der Waals surface area (Å²) in [7, 11) is 0. The molecule has 0 bridgehead atoms. The molecule has 0 saturated heterocycles. The summed E-state index contributed by atoms with van der Waals surface area (Å²) < 4.78 is 4.83. The Morgan fingerprint density at radius 1 is 0.786 bits per heavy atom. The van der Waals surface area contributed by atoms with E-state index in [4.69, 9.17) is 4.74 Å². The lowest BCUT2D eigenvalue weighted by molar-refractivity contribution is 0.162. The third-order valence-corrected chi connectivity index (χ3v) is 1.16. The summed E-state index contributed by atoms with van der Waals surface area (Å²) in [6.07, 6.45) is 0. The van der Waals surface area contributed by atoms with E-state index >= 15 is 0 Å². The van der Waals surface area contributed by atoms with Crippen LogP contribution in [-0.2, 0) is 4.74 Å². The van der Waals surface area contributed by atoms with Gasteiger partial charge in [-0.2, -0.15) is 0 Å². The highest BCUT2D eigenvalue weighted by Crippen LogP contribution is 2.08. The second-order valence-electron chi connectivity index (χ2n) is 5.41. The number of nitrogens with one attached hydrogen (secondary N) is 1. The van der Waals surface area contributed by atoms with Crippen LogP contribution < -0.4 is 5.32 Å². The first-order valence-corrected chi connectivity index (χ1v) is 5.49. The molecule has 0 aromatic heterocycles. The van der Waals surface area contributed by atoms with Crippen LogP contribution in [0.4, 0.5) is 0 Å². The van der Waals surface area contributed by atoms with Crippen molar-refractivity contribution in [2.45, 2.75) is 66.5 Å². The molecule has 0 aromatic carbocycles. The molecule has 0 aromatic rings. The Hall–Kier alpha value is -0.0800. The van der Waals surface area contributed by atoms with E-state index in [1.54, 1.807) is 0 Å². The standard InChI is InChI=1S/C8H19N.C4H10O/c1-7(2,3)9-8(4,5)6;1-3-5-4-2/h9H,1-6H3;3-4H2,1-2H3. The third-order valence-electron chi connectivity index (χ3n) is 1.16. The Balaban J connectivity index is 0. The molecule has 1 N–H and O–H groups in total. The number of hydrogen-bond acceptors (Lipinski definition) is 2. The highest BCUT2D eigenvalue weighted by Gasteiger charge is 2.17. The summed E-state index contributed by atoms with van der Waals surface area (Å²) in [5, 5.41) is 3.46. The van der Waals surface area contributed by atoms with Crippen molar-refractivity contribution in [3.63, 3.8) is 0 Å². The third kappa shape index (κ3) is 22.7. The zero-order valence-corrected chi connectivity index (χ0v) is 11.3. The van der Waals surface area contributed by atoms with Crippen LogP contribution in [0, 0.1) is 0 Å². The molecule has 2 heteroatoms. The van der Waals surface area contributed by atoms with E-state index in [0.29, 0.717) is 0 Å². The minimum Gasteiger partial charge on any atom is -0.382 e. The topological polar surface area (TPSA) is 21.3 Å². The monoisotopic (exact) mass is 203 g/mol. The molecule has 0 amide bonds. The van der Waals surface area contributed by atoms with Crippen molar-refractivity contribution in [2.75, 3.05) is 13.2 Å². The van der Waals surface area contributed by atoms with E-state index in [1.807, 2.05) is 13.8 Å². The van der Waals surface area contributed by atoms with Crippen LogP contribution in [0.2, 0.25) is 0 Å². The Bertz CT molecular complexity index is 105. The van der Waals surface area contributed by atoms with Gasteiger partial charge in [-0.15, -0.1) is 0 Å². The predicted octanol–water partition coefficient (Wildman–Crippen LogP) is 3.22. The fourth-order valence-corrected chi connectivity index (χ4v) is 1.33. The van der Waals surface area contributed by atoms with Crippen molar-refractivity contribution in [3.8, 4) is 0 Å². The summed E-state index contributed by atoms with van der Waals surface area (Å²) in [5.41, 5.74) is 0.469. The Labute approximate surface area is 90.4 Å². The molecule has 0 atom stereocenters. The van der Waals surface area contributed by atoms with Gasteiger partial charge in [0.2, 0.25) is 0 Å². The molecule has 0 saturated carbocycles. The summed E-state index contributed by atoms with van der Waals surface area (Å²) in [4.78, 5) is 0. The molecule has 0 rings (SSSR count). The van der Waals surface area contributed by atoms with Gasteiger partial charge < -0.3 is 10.1 Å². The fraction of sp³-hybridized carbons (Fsp3) is 1.00. The molecule has 0 fully saturated rings. The molecule has 0 radical (unpaired) electrons. The van der Waals surface area contributed by atoms with Gasteiger partial charge in [-0.3, -0.25) is 0 Å². The minimum absolute atomic E-state index is 0.234. The van der Waals surface area contributed by atoms with Crippen molar-refractivity contribution < 1.29 is 4.74 Å². The molecule has 0 unspecified atom stereocenters. The zero-order valence-electron chi connectivity index (χ0n) is 11.3. The molecular weight excluding hydrogens is 174 g/mol. The molecule has 0 aliphatic carbocycles. The average molecular weight is 203 g/mol. The van der Waals surface area contributed by atoms with E-state index in [9.17, 15) is 0 Å². The van der Waals surface area contributed by atoms with Crippen molar-refractivity contribution in [3.05, 3.63) is 0 Å². The molecule has 88 valence electrons. The Kier molecular flexibility index (Phi) is 8.46. The van der Waals surface area contributed by atoms with Gasteiger partial charge >= 0.3 is 0 Å². The Morgan fingerprint density at radius 3 is 1.07 bits per heavy atom. The van der Waals surface area contributed by atoms with E-state index < -0.39 is 0 Å². The first-order chi connectivity index (χ1) is 6.12. The largest absolute Gasteiger partial charge is 0.382 e. The van der Waals surface area contributed by atoms with E-state index in [0.717, 1.165) is 13.2 Å². The van der Waals surface area contributed by atoms with Gasteiger partial charge in [-0.25, -0.2) is 0 Å². The number of rotatable bonds is 2. The van der Waals surface area contributed by atoms with Gasteiger partial charge in [0.1, 0.15) is 0 Å². The summed E-state index contributed by atoms with van der Waals surface area (Å²) in [6, 6.07) is 0. The Morgan fingerprint density at radius 2 is 1.07 bits per heavy atom. The van der Waals surface area contributed by atoms with E-state index in [-0.39, 0.29) is 11.1 Å². The zero-order chi connectivity index (χ0) is 11.8. The number of hydrogen-bond donors (Lipinski definition) is 1. The van der Waals surface area contributed by atoms with Crippen molar-refractivity contribution in [1.29, 1.82) is 0 Å². The van der Waals surface area contributed by atoms with Crippen LogP contribution in [0.3, 0.4) is 0 Å². The van der Waals surface area contributed by atoms with Crippen molar-refractivity contribution in [2.24, 2.45) is 0 Å². The lowest BCUT2D eigenvalue weighted by Crippen LogP contribution is -2.48. The maximum Gasteiger partial charge on any atom is 0.0437 e. The van der Waals surface area contributed by atoms with Gasteiger partial charge in [0.15, 0.2) is 0 Å². The van der Waals surface area contributed by atoms with Crippen molar-refractivity contribution in [1.82, 2.24) is 5.32 Å². The molecule has 0 aliphatic rings. The highest BCUT2D eigenvalue weighted by molar-refractivity contribution is 4.80. The molecular formula is C12H29NO.